The van der Waals surface area contributed by atoms with Gasteiger partial charge < -0.3 is 20.6 Å². The van der Waals surface area contributed by atoms with Gasteiger partial charge in [0.2, 0.25) is 23.1 Å². The summed E-state index contributed by atoms with van der Waals surface area (Å²) >= 11 is 0. The Bertz CT molecular complexity index is 2340. The molecule has 16 heteroatoms. The number of Topliss-reactive ketones (excluding diaryl/α,β-unsaturated/α-hetero) is 4. The van der Waals surface area contributed by atoms with Crippen molar-refractivity contribution < 1.29 is 55.1 Å². The Morgan fingerprint density at radius 2 is 0.796 bits per heavy atom. The van der Waals surface area contributed by atoms with Crippen LogP contribution in [0.2, 0.25) is 0 Å². The molecule has 6 aromatic rings. The van der Waals surface area contributed by atoms with Crippen molar-refractivity contribution in [1.29, 1.82) is 0 Å². The first kappa shape index (κ1) is 35.6. The van der Waals surface area contributed by atoms with Gasteiger partial charge in [0.25, 0.3) is 11.8 Å². The van der Waals surface area contributed by atoms with Crippen LogP contribution in [0, 0.1) is 0 Å². The van der Waals surface area contributed by atoms with E-state index < -0.39 is 81.7 Å². The Kier molecular flexibility index (Phi) is 8.55. The first-order valence-electron chi connectivity index (χ1n) is 15.9. The Morgan fingerprint density at radius 1 is 0.481 bits per heavy atom. The van der Waals surface area contributed by atoms with E-state index in [0.29, 0.717) is 0 Å². The van der Waals surface area contributed by atoms with Crippen molar-refractivity contribution in [3.05, 3.63) is 131 Å². The smallest absolute Gasteiger partial charge is 0.350 e. The molecule has 0 spiro atoms. The Balaban J connectivity index is 1.25. The highest BCUT2D eigenvalue weighted by atomic mass is 19.4. The molecule has 4 aromatic carbocycles. The highest BCUT2D eigenvalue weighted by Crippen LogP contribution is 2.41. The second-order valence-electron chi connectivity index (χ2n) is 12.3. The molecule has 1 fully saturated rings. The number of alkyl halides is 6. The van der Waals surface area contributed by atoms with Crippen LogP contribution in [0.1, 0.15) is 55.1 Å². The molecule has 1 saturated carbocycles. The molecule has 54 heavy (non-hydrogen) atoms. The number of anilines is 2. The standard InChI is InChI=1S/C38H22F6N4O6/c39-37(40,41)17-9-13-19(14-10-17)45-35(53)29-25(21-5-1-3-7-23(21)47-29)27-31(49)33(51)28(34(52)32(27)50)26-22-6-2-4-8-24(22)48-30(26)36(54)46-20-15-11-18(12-16-20)38(42,43)44/h1-16,27-28,47-48H,(H,45,53)(H,46,54). The molecule has 0 aliphatic heterocycles. The molecular weight excluding hydrogens is 722 g/mol. The lowest BCUT2D eigenvalue weighted by atomic mass is 9.71. The zero-order chi connectivity index (χ0) is 38.7. The van der Waals surface area contributed by atoms with Gasteiger partial charge in [-0.2, -0.15) is 26.3 Å². The fourth-order valence-electron chi connectivity index (χ4n) is 6.49. The van der Waals surface area contributed by atoms with Gasteiger partial charge in [0.15, 0.2) is 0 Å². The third-order valence-corrected chi connectivity index (χ3v) is 9.00. The van der Waals surface area contributed by atoms with Crippen LogP contribution in [0.5, 0.6) is 0 Å². The summed E-state index contributed by atoms with van der Waals surface area (Å²) < 4.78 is 78.5. The van der Waals surface area contributed by atoms with Crippen molar-refractivity contribution in [1.82, 2.24) is 9.97 Å². The topological polar surface area (TPSA) is 158 Å². The maximum absolute atomic E-state index is 14.0. The van der Waals surface area contributed by atoms with Crippen LogP contribution in [-0.2, 0) is 31.5 Å². The predicted octanol–water partition coefficient (Wildman–Crippen LogP) is 7.35. The molecule has 7 rings (SSSR count). The van der Waals surface area contributed by atoms with E-state index in [4.69, 9.17) is 0 Å². The van der Waals surface area contributed by atoms with Crippen molar-refractivity contribution >= 4 is 68.1 Å². The number of amides is 2. The van der Waals surface area contributed by atoms with Crippen LogP contribution < -0.4 is 10.6 Å². The summed E-state index contributed by atoms with van der Waals surface area (Å²) in [5.74, 6) is -11.7. The number of para-hydroxylation sites is 2. The van der Waals surface area contributed by atoms with Crippen molar-refractivity contribution in [2.45, 2.75) is 24.2 Å². The highest BCUT2D eigenvalue weighted by Gasteiger charge is 2.53. The zero-order valence-electron chi connectivity index (χ0n) is 27.1. The van der Waals surface area contributed by atoms with Crippen molar-refractivity contribution in [3.8, 4) is 0 Å². The molecule has 0 bridgehead atoms. The summed E-state index contributed by atoms with van der Waals surface area (Å²) in [4.78, 5) is 88.8. The molecule has 0 atom stereocenters. The quantitative estimate of drug-likeness (QED) is 0.0794. The third-order valence-electron chi connectivity index (χ3n) is 9.00. The van der Waals surface area contributed by atoms with Gasteiger partial charge in [-0.25, -0.2) is 0 Å². The molecule has 10 nitrogen and oxygen atoms in total. The molecule has 4 N–H and O–H groups in total. The Morgan fingerprint density at radius 3 is 1.11 bits per heavy atom. The van der Waals surface area contributed by atoms with Crippen LogP contribution >= 0.6 is 0 Å². The van der Waals surface area contributed by atoms with E-state index in [1.54, 1.807) is 12.1 Å². The van der Waals surface area contributed by atoms with Crippen molar-refractivity contribution in [2.24, 2.45) is 0 Å². The number of carbonyl (C=O) groups is 6. The number of aromatic amines is 2. The van der Waals surface area contributed by atoms with E-state index in [1.807, 2.05) is 0 Å². The number of aromatic nitrogens is 2. The fourth-order valence-corrected chi connectivity index (χ4v) is 6.49. The maximum atomic E-state index is 14.0. The van der Waals surface area contributed by atoms with E-state index >= 15 is 0 Å². The highest BCUT2D eigenvalue weighted by molar-refractivity contribution is 6.64. The van der Waals surface area contributed by atoms with Crippen LogP contribution in [0.15, 0.2) is 97.1 Å². The SMILES string of the molecule is O=C(Nc1ccc(C(F)(F)F)cc1)c1[nH]c2ccccc2c1C1C(=O)C(=O)C(c2c(C(=O)Nc3ccc(C(F)(F)F)cc3)[nH]c3ccccc23)C(=O)C1=O. The molecule has 2 amide bonds. The lowest BCUT2D eigenvalue weighted by Gasteiger charge is -2.25. The zero-order valence-corrected chi connectivity index (χ0v) is 27.1. The minimum atomic E-state index is -4.64. The number of hydrogen-bond donors (Lipinski definition) is 4. The molecule has 1 aliphatic rings. The predicted molar refractivity (Wildman–Crippen MR) is 181 cm³/mol. The number of fused-ring (bicyclic) bond motifs is 2. The first-order chi connectivity index (χ1) is 25.5. The number of hydrogen-bond acceptors (Lipinski definition) is 6. The van der Waals surface area contributed by atoms with Gasteiger partial charge in [0, 0.05) is 44.3 Å². The van der Waals surface area contributed by atoms with Gasteiger partial charge in [-0.15, -0.1) is 0 Å². The van der Waals surface area contributed by atoms with Crippen LogP contribution in [-0.4, -0.2) is 44.9 Å². The number of benzene rings is 4. The second-order valence-corrected chi connectivity index (χ2v) is 12.3. The fraction of sp³-hybridized carbons (Fsp3) is 0.105. The number of carbonyl (C=O) groups excluding carboxylic acids is 6. The molecule has 0 unspecified atom stereocenters. The molecule has 0 saturated heterocycles. The monoisotopic (exact) mass is 744 g/mol. The largest absolute Gasteiger partial charge is 0.416 e. The van der Waals surface area contributed by atoms with Crippen LogP contribution in [0.25, 0.3) is 21.8 Å². The molecule has 0 radical (unpaired) electrons. The summed E-state index contributed by atoms with van der Waals surface area (Å²) in [5, 5.41) is 5.05. The van der Waals surface area contributed by atoms with Crippen molar-refractivity contribution in [3.63, 3.8) is 0 Å². The van der Waals surface area contributed by atoms with Crippen LogP contribution in [0.3, 0.4) is 0 Å². The average Bonchev–Trinajstić information content (AvgIpc) is 3.70. The summed E-state index contributed by atoms with van der Waals surface area (Å²) in [7, 11) is 0. The summed E-state index contributed by atoms with van der Waals surface area (Å²) in [5.41, 5.74) is -3.11. The van der Waals surface area contributed by atoms with Crippen molar-refractivity contribution in [2.75, 3.05) is 10.6 Å². The number of nitrogens with one attached hydrogen (secondary N) is 4. The van der Waals surface area contributed by atoms with Gasteiger partial charge in [-0.05, 0) is 60.7 Å². The summed E-state index contributed by atoms with van der Waals surface area (Å²) in [6.45, 7) is 0. The van der Waals surface area contributed by atoms with E-state index in [2.05, 4.69) is 20.6 Å². The normalized spacial score (nSPS) is 16.6. The summed E-state index contributed by atoms with van der Waals surface area (Å²) in [6, 6.07) is 18.9. The van der Waals surface area contributed by atoms with Gasteiger partial charge in [-0.3, -0.25) is 28.8 Å². The van der Waals surface area contributed by atoms with Crippen LogP contribution in [0.4, 0.5) is 37.7 Å². The van der Waals surface area contributed by atoms with E-state index in [0.717, 1.165) is 48.5 Å². The molecule has 272 valence electrons. The van der Waals surface area contributed by atoms with Gasteiger partial charge in [0.1, 0.15) is 23.2 Å². The minimum Gasteiger partial charge on any atom is -0.350 e. The van der Waals surface area contributed by atoms with E-state index in [9.17, 15) is 55.1 Å². The molecule has 2 heterocycles. The van der Waals surface area contributed by atoms with Gasteiger partial charge in [0.05, 0.1) is 11.1 Å². The maximum Gasteiger partial charge on any atom is 0.416 e. The van der Waals surface area contributed by atoms with E-state index in [1.165, 1.54) is 36.4 Å². The molecule has 1 aliphatic carbocycles. The molecule has 2 aromatic heterocycles. The first-order valence-corrected chi connectivity index (χ1v) is 15.9. The number of halogens is 6. The summed E-state index contributed by atoms with van der Waals surface area (Å²) in [6.07, 6.45) is -9.29. The minimum absolute atomic E-state index is 0.0763. The number of ketones is 4. The third kappa shape index (κ3) is 6.20. The van der Waals surface area contributed by atoms with Gasteiger partial charge in [-0.1, -0.05) is 36.4 Å². The Labute approximate surface area is 298 Å². The van der Waals surface area contributed by atoms with E-state index in [-0.39, 0.29) is 44.3 Å². The lowest BCUT2D eigenvalue weighted by molar-refractivity contribution is -0.150. The number of H-pyrrole nitrogens is 2. The number of rotatable bonds is 6. The second kappa shape index (κ2) is 13.0. The Hall–Kier alpha value is -6.84. The lowest BCUT2D eigenvalue weighted by Crippen LogP contribution is -2.46. The average molecular weight is 745 g/mol. The van der Waals surface area contributed by atoms with Gasteiger partial charge >= 0.3 is 12.4 Å². The molecular formula is C38H22F6N4O6.